The van der Waals surface area contributed by atoms with Gasteiger partial charge in [-0.2, -0.15) is 0 Å². The maximum atomic E-state index is 10.4. The lowest BCUT2D eigenvalue weighted by molar-refractivity contribution is -0.384. The van der Waals surface area contributed by atoms with Crippen LogP contribution in [0.15, 0.2) is 24.4 Å². The first-order valence-corrected chi connectivity index (χ1v) is 4.10. The largest absolute Gasteiger partial charge is 0.273 e. The van der Waals surface area contributed by atoms with E-state index in [1.807, 2.05) is 0 Å². The second kappa shape index (κ2) is 4.57. The molecule has 0 atom stereocenters. The number of halogens is 1. The average molecular weight is 199 g/mol. The van der Waals surface area contributed by atoms with Crippen molar-refractivity contribution >= 4 is 23.4 Å². The topological polar surface area (TPSA) is 56.0 Å². The van der Waals surface area contributed by atoms with E-state index in [4.69, 9.17) is 11.6 Å². The van der Waals surface area contributed by atoms with Crippen LogP contribution in [0.25, 0.3) is 6.08 Å². The van der Waals surface area contributed by atoms with E-state index in [-0.39, 0.29) is 5.69 Å². The average Bonchev–Trinajstić information content (AvgIpc) is 2.15. The van der Waals surface area contributed by atoms with Gasteiger partial charge in [0.2, 0.25) is 0 Å². The van der Waals surface area contributed by atoms with Gasteiger partial charge in [0.1, 0.15) is 0 Å². The van der Waals surface area contributed by atoms with Crippen molar-refractivity contribution < 1.29 is 4.92 Å². The molecule has 68 valence electrons. The number of nitro groups is 1. The van der Waals surface area contributed by atoms with E-state index in [1.165, 1.54) is 18.3 Å². The van der Waals surface area contributed by atoms with Crippen LogP contribution in [0.5, 0.6) is 0 Å². The summed E-state index contributed by atoms with van der Waals surface area (Å²) >= 11 is 5.41. The first kappa shape index (κ1) is 9.67. The zero-order chi connectivity index (χ0) is 9.68. The molecule has 4 nitrogen and oxygen atoms in total. The number of aromatic nitrogens is 1. The van der Waals surface area contributed by atoms with Crippen LogP contribution in [-0.2, 0) is 0 Å². The van der Waals surface area contributed by atoms with E-state index >= 15 is 0 Å². The second-order valence-corrected chi connectivity index (χ2v) is 2.56. The fourth-order valence-corrected chi connectivity index (χ4v) is 0.896. The third kappa shape index (κ3) is 2.83. The molecule has 0 aliphatic carbocycles. The zero-order valence-electron chi connectivity index (χ0n) is 6.68. The van der Waals surface area contributed by atoms with E-state index < -0.39 is 4.92 Å². The third-order valence-electron chi connectivity index (χ3n) is 1.35. The first-order chi connectivity index (χ1) is 6.24. The SMILES string of the molecule is O=[N+]([O-])c1ccnc(C=CCCl)c1. The fraction of sp³-hybridized carbons (Fsp3) is 0.125. The predicted octanol–water partition coefficient (Wildman–Crippen LogP) is 2.24. The Kier molecular flexibility index (Phi) is 3.40. The van der Waals surface area contributed by atoms with Crippen LogP contribution in [0.1, 0.15) is 5.69 Å². The number of hydrogen-bond acceptors (Lipinski definition) is 3. The lowest BCUT2D eigenvalue weighted by Crippen LogP contribution is -1.89. The van der Waals surface area contributed by atoms with Gasteiger partial charge < -0.3 is 0 Å². The van der Waals surface area contributed by atoms with E-state index in [2.05, 4.69) is 4.98 Å². The van der Waals surface area contributed by atoms with Crippen LogP contribution < -0.4 is 0 Å². The van der Waals surface area contributed by atoms with Crippen LogP contribution in [-0.4, -0.2) is 15.8 Å². The van der Waals surface area contributed by atoms with Crippen molar-refractivity contribution in [3.05, 3.63) is 40.2 Å². The van der Waals surface area contributed by atoms with Crippen LogP contribution >= 0.6 is 11.6 Å². The number of pyridine rings is 1. The highest BCUT2D eigenvalue weighted by Crippen LogP contribution is 2.11. The van der Waals surface area contributed by atoms with E-state index in [0.717, 1.165) is 0 Å². The van der Waals surface area contributed by atoms with Crippen LogP contribution in [0.3, 0.4) is 0 Å². The molecule has 5 heteroatoms. The maximum Gasteiger partial charge on any atom is 0.273 e. The van der Waals surface area contributed by atoms with Crippen molar-refractivity contribution in [3.8, 4) is 0 Å². The number of alkyl halides is 1. The Balaban J connectivity index is 2.92. The van der Waals surface area contributed by atoms with Crippen LogP contribution in [0.4, 0.5) is 5.69 Å². The van der Waals surface area contributed by atoms with Gasteiger partial charge in [-0.05, 0) is 6.08 Å². The number of rotatable bonds is 3. The molecule has 0 aliphatic heterocycles. The van der Waals surface area contributed by atoms with Crippen LogP contribution in [0, 0.1) is 10.1 Å². The van der Waals surface area contributed by atoms with Crippen molar-refractivity contribution in [2.24, 2.45) is 0 Å². The van der Waals surface area contributed by atoms with Crippen molar-refractivity contribution in [1.82, 2.24) is 4.98 Å². The lowest BCUT2D eigenvalue weighted by Gasteiger charge is -1.92. The Labute approximate surface area is 80.0 Å². The van der Waals surface area contributed by atoms with Crippen molar-refractivity contribution in [2.75, 3.05) is 5.88 Å². The highest BCUT2D eigenvalue weighted by Gasteiger charge is 2.03. The minimum absolute atomic E-state index is 0.0317. The molecular weight excluding hydrogens is 192 g/mol. The Hall–Kier alpha value is -1.42. The van der Waals surface area contributed by atoms with Gasteiger partial charge in [-0.25, -0.2) is 0 Å². The standard InChI is InChI=1S/C8H7ClN2O2/c9-4-1-2-7-6-8(11(12)13)3-5-10-7/h1-3,5-6H,4H2. The monoisotopic (exact) mass is 198 g/mol. The summed E-state index contributed by atoms with van der Waals surface area (Å²) < 4.78 is 0. The highest BCUT2D eigenvalue weighted by molar-refractivity contribution is 6.19. The van der Waals surface area contributed by atoms with Gasteiger partial charge in [0.15, 0.2) is 0 Å². The molecular formula is C8H7ClN2O2. The van der Waals surface area contributed by atoms with Gasteiger partial charge in [0.25, 0.3) is 5.69 Å². The molecule has 0 unspecified atom stereocenters. The quantitative estimate of drug-likeness (QED) is 0.425. The van der Waals surface area contributed by atoms with Gasteiger partial charge >= 0.3 is 0 Å². The molecule has 0 saturated carbocycles. The number of hydrogen-bond donors (Lipinski definition) is 0. The molecule has 13 heavy (non-hydrogen) atoms. The minimum Gasteiger partial charge on any atom is -0.258 e. The molecule has 0 radical (unpaired) electrons. The third-order valence-corrected chi connectivity index (χ3v) is 1.53. The molecule has 0 aromatic carbocycles. The fourth-order valence-electron chi connectivity index (χ4n) is 0.807. The summed E-state index contributed by atoms with van der Waals surface area (Å²) in [6, 6.07) is 2.74. The Morgan fingerprint density at radius 1 is 1.69 bits per heavy atom. The predicted molar refractivity (Wildman–Crippen MR) is 50.6 cm³/mol. The molecule has 0 N–H and O–H groups in total. The molecule has 0 amide bonds. The second-order valence-electron chi connectivity index (χ2n) is 2.25. The Morgan fingerprint density at radius 3 is 3.08 bits per heavy atom. The van der Waals surface area contributed by atoms with Crippen molar-refractivity contribution in [3.63, 3.8) is 0 Å². The molecule has 1 heterocycles. The minimum atomic E-state index is -0.459. The normalized spacial score (nSPS) is 10.5. The van der Waals surface area contributed by atoms with E-state index in [1.54, 1.807) is 12.2 Å². The zero-order valence-corrected chi connectivity index (χ0v) is 7.44. The molecule has 0 aliphatic rings. The summed E-state index contributed by atoms with van der Waals surface area (Å²) in [7, 11) is 0. The molecule has 0 spiro atoms. The summed E-state index contributed by atoms with van der Waals surface area (Å²) in [6.07, 6.45) is 4.71. The van der Waals surface area contributed by atoms with E-state index in [9.17, 15) is 10.1 Å². The summed E-state index contributed by atoms with van der Waals surface area (Å²) in [5.41, 5.74) is 0.569. The lowest BCUT2D eigenvalue weighted by atomic mass is 10.3. The molecule has 1 rings (SSSR count). The first-order valence-electron chi connectivity index (χ1n) is 3.57. The van der Waals surface area contributed by atoms with Crippen LogP contribution in [0.2, 0.25) is 0 Å². The van der Waals surface area contributed by atoms with Gasteiger partial charge in [-0.15, -0.1) is 11.6 Å². The summed E-state index contributed by atoms with van der Waals surface area (Å²) in [5.74, 6) is 0.365. The molecule has 1 aromatic rings. The van der Waals surface area contributed by atoms with E-state index in [0.29, 0.717) is 11.6 Å². The highest BCUT2D eigenvalue weighted by atomic mass is 35.5. The molecule has 0 bridgehead atoms. The summed E-state index contributed by atoms with van der Waals surface area (Å²) in [5, 5.41) is 10.4. The molecule has 1 aromatic heterocycles. The Morgan fingerprint density at radius 2 is 2.46 bits per heavy atom. The van der Waals surface area contributed by atoms with Gasteiger partial charge in [-0.1, -0.05) is 6.08 Å². The molecule has 0 fully saturated rings. The van der Waals surface area contributed by atoms with Crippen molar-refractivity contribution in [2.45, 2.75) is 0 Å². The molecule has 0 saturated heterocycles. The summed E-state index contributed by atoms with van der Waals surface area (Å²) in [6.45, 7) is 0. The number of nitrogens with zero attached hydrogens (tertiary/aromatic N) is 2. The van der Waals surface area contributed by atoms with Crippen molar-refractivity contribution in [1.29, 1.82) is 0 Å². The summed E-state index contributed by atoms with van der Waals surface area (Å²) in [4.78, 5) is 13.8. The Bertz CT molecular complexity index is 339. The maximum absolute atomic E-state index is 10.4. The van der Waals surface area contributed by atoms with Gasteiger partial charge in [-0.3, -0.25) is 15.1 Å². The van der Waals surface area contributed by atoms with Gasteiger partial charge in [0, 0.05) is 24.2 Å². The van der Waals surface area contributed by atoms with Gasteiger partial charge in [0.05, 0.1) is 10.6 Å². The number of allylic oxidation sites excluding steroid dienone is 1. The smallest absolute Gasteiger partial charge is 0.258 e.